The van der Waals surface area contributed by atoms with E-state index in [2.05, 4.69) is 0 Å². The van der Waals surface area contributed by atoms with Crippen LogP contribution in [0.15, 0.2) is 29.2 Å². The molecule has 0 aliphatic rings. The van der Waals surface area contributed by atoms with Crippen LogP contribution in [0.2, 0.25) is 0 Å². The molecule has 102 valence electrons. The fourth-order valence-corrected chi connectivity index (χ4v) is 1.59. The molecule has 0 radical (unpaired) electrons. The molecule has 0 fully saturated rings. The van der Waals surface area contributed by atoms with Crippen LogP contribution in [0.5, 0.6) is 5.75 Å². The van der Waals surface area contributed by atoms with E-state index in [0.717, 1.165) is 18.9 Å². The minimum Gasteiger partial charge on any atom is -0.506 e. The Labute approximate surface area is 106 Å². The molecule has 0 aliphatic heterocycles. The molecule has 0 spiro atoms. The Balaban J connectivity index is 0.000000360. The van der Waals surface area contributed by atoms with Gasteiger partial charge in [0.05, 0.1) is 0 Å². The van der Waals surface area contributed by atoms with E-state index in [1.807, 2.05) is 6.92 Å². The molecule has 1 rings (SSSR count). The van der Waals surface area contributed by atoms with Crippen LogP contribution in [0.3, 0.4) is 0 Å². The zero-order chi connectivity index (χ0) is 14.2. The van der Waals surface area contributed by atoms with Crippen molar-refractivity contribution in [1.82, 2.24) is 0 Å². The number of carboxylic acids is 1. The van der Waals surface area contributed by atoms with Gasteiger partial charge in [0.15, 0.2) is 0 Å². The average Bonchev–Trinajstić information content (AvgIpc) is 2.26. The van der Waals surface area contributed by atoms with Crippen LogP contribution in [0, 0.1) is 0 Å². The number of carboxylic acid groups (broad SMARTS) is 1. The van der Waals surface area contributed by atoms with Crippen LogP contribution < -0.4 is 0 Å². The lowest BCUT2D eigenvalue weighted by Crippen LogP contribution is -1.97. The highest BCUT2D eigenvalue weighted by Crippen LogP contribution is 2.20. The van der Waals surface area contributed by atoms with E-state index < -0.39 is 26.7 Å². The summed E-state index contributed by atoms with van der Waals surface area (Å²) in [6.07, 6.45) is 2.08. The zero-order valence-electron chi connectivity index (χ0n) is 9.91. The Morgan fingerprint density at radius 1 is 1.28 bits per heavy atom. The van der Waals surface area contributed by atoms with Crippen molar-refractivity contribution in [3.05, 3.63) is 24.3 Å². The summed E-state index contributed by atoms with van der Waals surface area (Å²) in [5, 5.41) is 17.0. The monoisotopic (exact) mass is 276 g/mol. The molecule has 0 saturated carbocycles. The van der Waals surface area contributed by atoms with Gasteiger partial charge in [-0.3, -0.25) is 9.35 Å². The Hall–Kier alpha value is -1.60. The van der Waals surface area contributed by atoms with Gasteiger partial charge in [0, 0.05) is 6.42 Å². The van der Waals surface area contributed by atoms with E-state index in [4.69, 9.17) is 14.8 Å². The van der Waals surface area contributed by atoms with Crippen molar-refractivity contribution in [2.24, 2.45) is 0 Å². The minimum atomic E-state index is -4.28. The van der Waals surface area contributed by atoms with Crippen molar-refractivity contribution in [3.8, 4) is 5.75 Å². The van der Waals surface area contributed by atoms with E-state index in [-0.39, 0.29) is 0 Å². The summed E-state index contributed by atoms with van der Waals surface area (Å²) in [4.78, 5) is 9.29. The molecule has 0 heterocycles. The number of phenolic OH excluding ortho intramolecular Hbond substituents is 1. The third-order valence-corrected chi connectivity index (χ3v) is 2.79. The largest absolute Gasteiger partial charge is 0.506 e. The topological polar surface area (TPSA) is 112 Å². The summed E-state index contributed by atoms with van der Waals surface area (Å²) in [7, 11) is -4.28. The molecular weight excluding hydrogens is 260 g/mol. The minimum absolute atomic E-state index is 0.316. The standard InChI is InChI=1S/C6H6O4S.C5H10O2/c7-5-3-1-2-4-6(5)11(8,9)10;1-2-3-4-5(6)7/h1-4,7H,(H,8,9,10);2-4H2,1H3,(H,6,7). The predicted octanol–water partition coefficient (Wildman–Crippen LogP) is 1.90. The van der Waals surface area contributed by atoms with Crippen LogP contribution in [-0.2, 0) is 14.9 Å². The molecular formula is C11H16O6S. The normalized spacial score (nSPS) is 10.3. The summed E-state index contributed by atoms with van der Waals surface area (Å²) in [6, 6.07) is 5.17. The Morgan fingerprint density at radius 3 is 2.11 bits per heavy atom. The summed E-state index contributed by atoms with van der Waals surface area (Å²) in [5.74, 6) is -1.14. The highest BCUT2D eigenvalue weighted by Gasteiger charge is 2.12. The van der Waals surface area contributed by atoms with Gasteiger partial charge in [-0.25, -0.2) is 0 Å². The molecule has 3 N–H and O–H groups in total. The van der Waals surface area contributed by atoms with Crippen LogP contribution in [0.4, 0.5) is 0 Å². The lowest BCUT2D eigenvalue weighted by Gasteiger charge is -1.97. The summed E-state index contributed by atoms with van der Waals surface area (Å²) < 4.78 is 29.4. The number of aromatic hydroxyl groups is 1. The van der Waals surface area contributed by atoms with E-state index in [1.54, 1.807) is 0 Å². The number of carbonyl (C=O) groups is 1. The average molecular weight is 276 g/mol. The predicted molar refractivity (Wildman–Crippen MR) is 65.1 cm³/mol. The Kier molecular flexibility index (Phi) is 6.99. The molecule has 1 aromatic rings. The fourth-order valence-electron chi connectivity index (χ4n) is 1.00. The number of hydrogen-bond donors (Lipinski definition) is 3. The lowest BCUT2D eigenvalue weighted by atomic mass is 10.3. The SMILES string of the molecule is CCCCC(=O)O.O=S(=O)(O)c1ccccc1O. The van der Waals surface area contributed by atoms with Gasteiger partial charge in [-0.05, 0) is 18.6 Å². The van der Waals surface area contributed by atoms with Crippen molar-refractivity contribution < 1.29 is 28.0 Å². The molecule has 0 aliphatic carbocycles. The van der Waals surface area contributed by atoms with Gasteiger partial charge < -0.3 is 10.2 Å². The van der Waals surface area contributed by atoms with Gasteiger partial charge in [-0.1, -0.05) is 25.5 Å². The van der Waals surface area contributed by atoms with E-state index in [1.165, 1.54) is 18.2 Å². The van der Waals surface area contributed by atoms with Crippen LogP contribution in [0.25, 0.3) is 0 Å². The Bertz CT molecular complexity index is 480. The highest BCUT2D eigenvalue weighted by atomic mass is 32.2. The highest BCUT2D eigenvalue weighted by molar-refractivity contribution is 7.86. The quantitative estimate of drug-likeness (QED) is 0.724. The van der Waals surface area contributed by atoms with Gasteiger partial charge in [-0.2, -0.15) is 8.42 Å². The number of unbranched alkanes of at least 4 members (excludes halogenated alkanes) is 1. The number of rotatable bonds is 4. The fraction of sp³-hybridized carbons (Fsp3) is 0.364. The van der Waals surface area contributed by atoms with Gasteiger partial charge in [0.2, 0.25) is 0 Å². The van der Waals surface area contributed by atoms with Gasteiger partial charge in [0.1, 0.15) is 10.6 Å². The molecule has 6 nitrogen and oxygen atoms in total. The van der Waals surface area contributed by atoms with Crippen molar-refractivity contribution in [1.29, 1.82) is 0 Å². The maximum atomic E-state index is 10.4. The van der Waals surface area contributed by atoms with Crippen molar-refractivity contribution in [2.45, 2.75) is 31.1 Å². The van der Waals surface area contributed by atoms with Crippen molar-refractivity contribution in [2.75, 3.05) is 0 Å². The van der Waals surface area contributed by atoms with Crippen LogP contribution in [-0.4, -0.2) is 29.2 Å². The summed E-state index contributed by atoms with van der Waals surface area (Å²) in [5.41, 5.74) is 0. The molecule has 0 aromatic heterocycles. The summed E-state index contributed by atoms with van der Waals surface area (Å²) in [6.45, 7) is 1.98. The second-order valence-electron chi connectivity index (χ2n) is 3.44. The molecule has 7 heteroatoms. The lowest BCUT2D eigenvalue weighted by molar-refractivity contribution is -0.137. The summed E-state index contributed by atoms with van der Waals surface area (Å²) >= 11 is 0. The third-order valence-electron chi connectivity index (χ3n) is 1.89. The number of para-hydroxylation sites is 1. The number of hydrogen-bond acceptors (Lipinski definition) is 4. The number of benzene rings is 1. The molecule has 0 atom stereocenters. The van der Waals surface area contributed by atoms with E-state index >= 15 is 0 Å². The molecule has 0 amide bonds. The molecule has 0 unspecified atom stereocenters. The van der Waals surface area contributed by atoms with Gasteiger partial charge >= 0.3 is 5.97 Å². The van der Waals surface area contributed by atoms with Gasteiger partial charge in [-0.15, -0.1) is 0 Å². The maximum absolute atomic E-state index is 10.4. The first kappa shape index (κ1) is 16.4. The number of phenols is 1. The van der Waals surface area contributed by atoms with Gasteiger partial charge in [0.25, 0.3) is 10.1 Å². The third kappa shape index (κ3) is 6.87. The number of aliphatic carboxylic acids is 1. The molecule has 1 aromatic carbocycles. The second-order valence-corrected chi connectivity index (χ2v) is 4.83. The smallest absolute Gasteiger partial charge is 0.303 e. The molecule has 18 heavy (non-hydrogen) atoms. The van der Waals surface area contributed by atoms with Crippen molar-refractivity contribution >= 4 is 16.1 Å². The Morgan fingerprint density at radius 2 is 1.83 bits per heavy atom. The van der Waals surface area contributed by atoms with E-state index in [0.29, 0.717) is 6.42 Å². The van der Waals surface area contributed by atoms with E-state index in [9.17, 15) is 13.2 Å². The first-order chi connectivity index (χ1) is 8.29. The molecule has 0 bridgehead atoms. The van der Waals surface area contributed by atoms with Crippen LogP contribution in [0.1, 0.15) is 26.2 Å². The van der Waals surface area contributed by atoms with Crippen LogP contribution >= 0.6 is 0 Å². The second kappa shape index (κ2) is 7.67. The molecule has 0 saturated heterocycles. The first-order valence-corrected chi connectivity index (χ1v) is 6.70. The van der Waals surface area contributed by atoms with Crippen molar-refractivity contribution in [3.63, 3.8) is 0 Å². The first-order valence-electron chi connectivity index (χ1n) is 5.26. The maximum Gasteiger partial charge on any atom is 0.303 e. The zero-order valence-corrected chi connectivity index (χ0v) is 10.7.